The molecule has 0 radical (unpaired) electrons. The maximum atomic E-state index is 2.37. The Hall–Kier alpha value is -7.62. The summed E-state index contributed by atoms with van der Waals surface area (Å²) in [6.07, 6.45) is 0. The molecule has 69 heavy (non-hydrogen) atoms. The Morgan fingerprint density at radius 3 is 0.435 bits per heavy atom. The maximum absolute atomic E-state index is 2.37. The van der Waals surface area contributed by atoms with Crippen LogP contribution in [0, 0.1) is 20.8 Å². The average Bonchev–Trinajstić information content (AvgIpc) is 3.37. The first-order valence-electron chi connectivity index (χ1n) is 24.4. The summed E-state index contributed by atoms with van der Waals surface area (Å²) in [6.45, 7) is 20.4. The molecule has 3 nitrogen and oxygen atoms in total. The van der Waals surface area contributed by atoms with E-state index < -0.39 is 0 Å². The smallest absolute Gasteiger partial charge is 0.0461 e. The summed E-state index contributed by atoms with van der Waals surface area (Å²) in [6, 6.07) is 81.6. The molecule has 0 unspecified atom stereocenters. The summed E-state index contributed by atoms with van der Waals surface area (Å²) in [5.74, 6) is 0. The molecule has 9 aromatic carbocycles. The van der Waals surface area contributed by atoms with Crippen LogP contribution in [0.3, 0.4) is 0 Å². The SMILES string of the molecule is Cc1ccc(N2c3ccc(cc3)C(C)(C)c3ccc(cc3)N(c3ccc(C)cc3)c3ccc(cc3)C(C)(C)c3ccc(cc3)N(c3ccc(C)cc3)c3ccc(cc3)C(C)(C)c3ccc2cc3)cc1. The lowest BCUT2D eigenvalue weighted by Gasteiger charge is -2.32. The molecule has 0 aliphatic carbocycles. The third-order valence-corrected chi connectivity index (χ3v) is 15.0. The first-order chi connectivity index (χ1) is 33.2. The molecule has 0 N–H and O–H groups in total. The Morgan fingerprint density at radius 1 is 0.188 bits per heavy atom. The van der Waals surface area contributed by atoms with Gasteiger partial charge in [-0.15, -0.1) is 0 Å². The minimum Gasteiger partial charge on any atom is -0.311 e. The van der Waals surface area contributed by atoms with Gasteiger partial charge in [-0.25, -0.2) is 0 Å². The van der Waals surface area contributed by atoms with Gasteiger partial charge >= 0.3 is 0 Å². The van der Waals surface area contributed by atoms with Crippen molar-refractivity contribution in [1.29, 1.82) is 0 Å². The minimum absolute atomic E-state index is 0.239. The molecule has 3 heteroatoms. The third kappa shape index (κ3) is 8.63. The number of nitrogens with zero attached hydrogens (tertiary/aromatic N) is 3. The van der Waals surface area contributed by atoms with Gasteiger partial charge in [0.2, 0.25) is 0 Å². The van der Waals surface area contributed by atoms with Gasteiger partial charge in [0.15, 0.2) is 0 Å². The Labute approximate surface area is 411 Å². The standard InChI is InChI=1S/C66H63N3/c1-46-10-28-55(29-11-46)67-58-34-16-49(17-35-58)64(4,5)51-20-38-60(39-21-51)68(56-30-12-47(2)13-31-56)62-42-24-53(25-43-62)66(8,9)54-26-44-63(45-27-54)69(57-32-14-48(3)15-33-57)61-40-22-52(23-41-61)65(6,7)50-18-36-59(67)37-19-50/h10-45H,1-9H3. The van der Waals surface area contributed by atoms with Crippen LogP contribution in [-0.4, -0.2) is 0 Å². The monoisotopic (exact) mass is 898 g/mol. The van der Waals surface area contributed by atoms with E-state index in [1.165, 1.54) is 50.1 Å². The van der Waals surface area contributed by atoms with Crippen LogP contribution in [0.15, 0.2) is 218 Å². The van der Waals surface area contributed by atoms with E-state index in [4.69, 9.17) is 0 Å². The highest BCUT2D eigenvalue weighted by Gasteiger charge is 2.28. The van der Waals surface area contributed by atoms with Crippen molar-refractivity contribution in [3.05, 3.63) is 268 Å². The van der Waals surface area contributed by atoms with Crippen molar-refractivity contribution in [3.63, 3.8) is 0 Å². The van der Waals surface area contributed by atoms with Crippen LogP contribution in [0.1, 0.15) is 91.6 Å². The number of rotatable bonds is 3. The quantitative estimate of drug-likeness (QED) is 0.175. The lowest BCUT2D eigenvalue weighted by Crippen LogP contribution is -2.20. The van der Waals surface area contributed by atoms with E-state index in [9.17, 15) is 0 Å². The molecule has 342 valence electrons. The second-order valence-corrected chi connectivity index (χ2v) is 20.7. The van der Waals surface area contributed by atoms with Crippen LogP contribution >= 0.6 is 0 Å². The van der Waals surface area contributed by atoms with Crippen LogP contribution in [-0.2, 0) is 16.2 Å². The van der Waals surface area contributed by atoms with Crippen LogP contribution in [0.4, 0.5) is 51.2 Å². The lowest BCUT2D eigenvalue weighted by molar-refractivity contribution is 0.641. The zero-order valence-electron chi connectivity index (χ0n) is 41.6. The summed E-state index contributed by atoms with van der Waals surface area (Å²) in [5.41, 5.74) is 20.6. The molecule has 19 rings (SSSR count). The highest BCUT2D eigenvalue weighted by atomic mass is 15.2. The number of benzene rings is 9. The van der Waals surface area contributed by atoms with Crippen LogP contribution in [0.2, 0.25) is 0 Å². The van der Waals surface area contributed by atoms with Gasteiger partial charge in [-0.1, -0.05) is 167 Å². The van der Waals surface area contributed by atoms with Gasteiger partial charge in [0, 0.05) is 67.4 Å². The predicted octanol–water partition coefficient (Wildman–Crippen LogP) is 18.3. The topological polar surface area (TPSA) is 9.72 Å². The summed E-state index contributed by atoms with van der Waals surface area (Å²) in [5, 5.41) is 0. The van der Waals surface area contributed by atoms with Crippen LogP contribution < -0.4 is 14.7 Å². The summed E-state index contributed by atoms with van der Waals surface area (Å²) in [7, 11) is 0. The Morgan fingerprint density at radius 2 is 0.304 bits per heavy atom. The van der Waals surface area contributed by atoms with Gasteiger partial charge in [0.25, 0.3) is 0 Å². The fourth-order valence-electron chi connectivity index (χ4n) is 10.1. The molecule has 0 spiro atoms. The zero-order chi connectivity index (χ0) is 48.1. The molecule has 12 bridgehead atoms. The number of aryl methyl sites for hydroxylation is 3. The first kappa shape index (κ1) is 45.2. The van der Waals surface area contributed by atoms with Gasteiger partial charge in [-0.3, -0.25) is 0 Å². The molecule has 0 aromatic heterocycles. The van der Waals surface area contributed by atoms with Crippen molar-refractivity contribution in [2.24, 2.45) is 0 Å². The van der Waals surface area contributed by atoms with E-state index in [1.54, 1.807) is 0 Å². The highest BCUT2D eigenvalue weighted by Crippen LogP contribution is 2.44. The molecule has 0 fully saturated rings. The third-order valence-electron chi connectivity index (χ3n) is 15.0. The Balaban J connectivity index is 1.11. The first-order valence-corrected chi connectivity index (χ1v) is 24.4. The van der Waals surface area contributed by atoms with E-state index >= 15 is 0 Å². The molecular formula is C66H63N3. The van der Waals surface area contributed by atoms with Gasteiger partial charge in [0.05, 0.1) is 0 Å². The molecular weight excluding hydrogens is 835 g/mol. The molecule has 0 saturated heterocycles. The van der Waals surface area contributed by atoms with E-state index in [1.807, 2.05) is 0 Å². The Kier molecular flexibility index (Phi) is 11.7. The van der Waals surface area contributed by atoms with Gasteiger partial charge in [-0.2, -0.15) is 0 Å². The number of anilines is 9. The van der Waals surface area contributed by atoms with E-state index in [2.05, 4.69) is 295 Å². The number of hydrogen-bond acceptors (Lipinski definition) is 3. The fraction of sp³-hybridized carbons (Fsp3) is 0.182. The van der Waals surface area contributed by atoms with E-state index in [0.717, 1.165) is 51.2 Å². The second-order valence-electron chi connectivity index (χ2n) is 20.7. The van der Waals surface area contributed by atoms with Gasteiger partial charge < -0.3 is 14.7 Å². The van der Waals surface area contributed by atoms with Crippen molar-refractivity contribution < 1.29 is 0 Å². The molecule has 10 aliphatic rings. The van der Waals surface area contributed by atoms with Crippen molar-refractivity contribution in [3.8, 4) is 0 Å². The van der Waals surface area contributed by atoms with Crippen molar-refractivity contribution in [1.82, 2.24) is 0 Å². The Bertz CT molecular complexity index is 2680. The van der Waals surface area contributed by atoms with Crippen molar-refractivity contribution in [2.75, 3.05) is 14.7 Å². The lowest BCUT2D eigenvalue weighted by atomic mass is 9.77. The number of hydrogen-bond donors (Lipinski definition) is 0. The summed E-state index contributed by atoms with van der Waals surface area (Å²) >= 11 is 0. The predicted molar refractivity (Wildman–Crippen MR) is 294 cm³/mol. The van der Waals surface area contributed by atoms with Gasteiger partial charge in [0.1, 0.15) is 0 Å². The molecule has 0 amide bonds. The summed E-state index contributed by atoms with van der Waals surface area (Å²) in [4.78, 5) is 7.11. The second kappa shape index (κ2) is 17.8. The van der Waals surface area contributed by atoms with Crippen LogP contribution in [0.25, 0.3) is 0 Å². The average molecular weight is 898 g/mol. The minimum atomic E-state index is -0.239. The highest BCUT2D eigenvalue weighted by molar-refractivity contribution is 5.80. The zero-order valence-corrected chi connectivity index (χ0v) is 41.6. The molecule has 0 saturated carbocycles. The molecule has 0 atom stereocenters. The summed E-state index contributed by atoms with van der Waals surface area (Å²) < 4.78 is 0. The van der Waals surface area contributed by atoms with Gasteiger partial charge in [-0.05, 0) is 163 Å². The molecule has 10 heterocycles. The van der Waals surface area contributed by atoms with Crippen molar-refractivity contribution >= 4 is 51.2 Å². The van der Waals surface area contributed by atoms with E-state index in [-0.39, 0.29) is 16.2 Å². The molecule has 10 aliphatic heterocycles. The normalized spacial score (nSPS) is 15.0. The van der Waals surface area contributed by atoms with Crippen LogP contribution in [0.5, 0.6) is 0 Å². The van der Waals surface area contributed by atoms with E-state index in [0.29, 0.717) is 0 Å². The molecule has 9 aromatic rings. The van der Waals surface area contributed by atoms with Crippen molar-refractivity contribution in [2.45, 2.75) is 78.6 Å². The maximum Gasteiger partial charge on any atom is 0.0461 e. The fourth-order valence-corrected chi connectivity index (χ4v) is 10.1. The largest absolute Gasteiger partial charge is 0.311 e.